The van der Waals surface area contributed by atoms with Crippen molar-refractivity contribution in [3.05, 3.63) is 108 Å². The molecule has 5 nitrogen and oxygen atoms in total. The number of thioether (sulfide) groups is 1. The van der Waals surface area contributed by atoms with E-state index < -0.39 is 0 Å². The molecule has 2 amide bonds. The number of fused-ring (bicyclic) bond motifs is 2. The van der Waals surface area contributed by atoms with E-state index in [1.807, 2.05) is 54.6 Å². The van der Waals surface area contributed by atoms with Crippen molar-refractivity contribution < 1.29 is 9.59 Å². The lowest BCUT2D eigenvalue weighted by Gasteiger charge is -2.08. The van der Waals surface area contributed by atoms with E-state index in [4.69, 9.17) is 11.6 Å². The van der Waals surface area contributed by atoms with Gasteiger partial charge in [-0.3, -0.25) is 9.59 Å². The van der Waals surface area contributed by atoms with Gasteiger partial charge in [-0.1, -0.05) is 66.2 Å². The molecule has 0 bridgehead atoms. The van der Waals surface area contributed by atoms with E-state index in [0.717, 1.165) is 32.3 Å². The summed E-state index contributed by atoms with van der Waals surface area (Å²) < 4.78 is 2.11. The molecule has 0 saturated carbocycles. The fourth-order valence-electron chi connectivity index (χ4n) is 4.17. The SMILES string of the molecule is O=C(CSc1cn(CCNC(=O)c2ccc(Cl)cc2)c2ccccc12)Nc1cccc2ccccc12. The van der Waals surface area contributed by atoms with E-state index in [0.29, 0.717) is 29.4 Å². The number of aromatic nitrogens is 1. The molecule has 180 valence electrons. The number of rotatable bonds is 8. The average molecular weight is 514 g/mol. The maximum absolute atomic E-state index is 12.8. The number of hydrogen-bond donors (Lipinski definition) is 2. The van der Waals surface area contributed by atoms with E-state index >= 15 is 0 Å². The number of carbonyl (C=O) groups is 2. The van der Waals surface area contributed by atoms with Crippen molar-refractivity contribution in [3.8, 4) is 0 Å². The highest BCUT2D eigenvalue weighted by Gasteiger charge is 2.12. The van der Waals surface area contributed by atoms with Crippen LogP contribution in [-0.4, -0.2) is 28.7 Å². The molecule has 0 aliphatic heterocycles. The van der Waals surface area contributed by atoms with E-state index in [2.05, 4.69) is 33.5 Å². The summed E-state index contributed by atoms with van der Waals surface area (Å²) in [7, 11) is 0. The molecular weight excluding hydrogens is 490 g/mol. The first-order valence-electron chi connectivity index (χ1n) is 11.6. The fraction of sp³-hybridized carbons (Fsp3) is 0.103. The number of amides is 2. The zero-order valence-electron chi connectivity index (χ0n) is 19.4. The number of benzene rings is 4. The minimum absolute atomic E-state index is 0.0524. The third kappa shape index (κ3) is 5.40. The van der Waals surface area contributed by atoms with Gasteiger partial charge in [0.15, 0.2) is 0 Å². The van der Waals surface area contributed by atoms with Crippen molar-refractivity contribution in [3.63, 3.8) is 0 Å². The van der Waals surface area contributed by atoms with Crippen molar-refractivity contribution in [1.29, 1.82) is 0 Å². The molecule has 7 heteroatoms. The van der Waals surface area contributed by atoms with E-state index in [-0.39, 0.29) is 11.8 Å². The molecule has 4 aromatic carbocycles. The second-order valence-electron chi connectivity index (χ2n) is 8.33. The van der Waals surface area contributed by atoms with Gasteiger partial charge in [-0.25, -0.2) is 0 Å². The van der Waals surface area contributed by atoms with Crippen LogP contribution in [0.2, 0.25) is 5.02 Å². The molecule has 0 aliphatic rings. The van der Waals surface area contributed by atoms with Crippen LogP contribution in [0.5, 0.6) is 0 Å². The largest absolute Gasteiger partial charge is 0.350 e. The van der Waals surface area contributed by atoms with Gasteiger partial charge in [-0.05, 0) is 41.8 Å². The predicted molar refractivity (Wildman–Crippen MR) is 149 cm³/mol. The van der Waals surface area contributed by atoms with Gasteiger partial charge in [0.1, 0.15) is 0 Å². The highest BCUT2D eigenvalue weighted by molar-refractivity contribution is 8.00. The Balaban J connectivity index is 1.23. The standard InChI is InChI=1S/C29H24ClN3O2S/c30-22-14-12-21(13-15-22)29(35)31-16-17-33-18-27(24-9-3-4-11-26(24)33)36-19-28(34)32-25-10-5-7-20-6-1-2-8-23(20)25/h1-15,18H,16-17,19H2,(H,31,35)(H,32,34). The molecule has 0 unspecified atom stereocenters. The predicted octanol–water partition coefficient (Wildman–Crippen LogP) is 6.61. The lowest BCUT2D eigenvalue weighted by Crippen LogP contribution is -2.27. The molecule has 5 aromatic rings. The number of nitrogens with one attached hydrogen (secondary N) is 2. The smallest absolute Gasteiger partial charge is 0.251 e. The van der Waals surface area contributed by atoms with E-state index in [1.165, 1.54) is 11.8 Å². The summed E-state index contributed by atoms with van der Waals surface area (Å²) in [5.41, 5.74) is 2.46. The molecule has 0 aliphatic carbocycles. The van der Waals surface area contributed by atoms with Crippen LogP contribution < -0.4 is 10.6 Å². The Hall–Kier alpha value is -3.74. The summed E-state index contributed by atoms with van der Waals surface area (Å²) in [6.45, 7) is 1.09. The number of carbonyl (C=O) groups excluding carboxylic acids is 2. The van der Waals surface area contributed by atoms with Crippen LogP contribution in [0.1, 0.15) is 10.4 Å². The van der Waals surface area contributed by atoms with Gasteiger partial charge in [0.25, 0.3) is 5.91 Å². The van der Waals surface area contributed by atoms with Crippen LogP contribution in [0.15, 0.2) is 102 Å². The number of para-hydroxylation sites is 1. The van der Waals surface area contributed by atoms with Crippen molar-refractivity contribution in [2.75, 3.05) is 17.6 Å². The summed E-state index contributed by atoms with van der Waals surface area (Å²) >= 11 is 7.41. The van der Waals surface area contributed by atoms with Crippen molar-refractivity contribution >= 4 is 62.5 Å². The Morgan fingerprint density at radius 2 is 1.56 bits per heavy atom. The van der Waals surface area contributed by atoms with E-state index in [9.17, 15) is 9.59 Å². The summed E-state index contributed by atoms with van der Waals surface area (Å²) in [6.07, 6.45) is 2.05. The topological polar surface area (TPSA) is 63.1 Å². The van der Waals surface area contributed by atoms with Gasteiger partial charge in [0.05, 0.1) is 5.75 Å². The molecule has 0 radical (unpaired) electrons. The monoisotopic (exact) mass is 513 g/mol. The maximum atomic E-state index is 12.8. The second-order valence-corrected chi connectivity index (χ2v) is 9.78. The van der Waals surface area contributed by atoms with Gasteiger partial charge in [-0.15, -0.1) is 11.8 Å². The van der Waals surface area contributed by atoms with Gasteiger partial charge in [-0.2, -0.15) is 0 Å². The molecule has 0 fully saturated rings. The van der Waals surface area contributed by atoms with Crippen molar-refractivity contribution in [1.82, 2.24) is 9.88 Å². The van der Waals surface area contributed by atoms with Crippen molar-refractivity contribution in [2.24, 2.45) is 0 Å². The van der Waals surface area contributed by atoms with Crippen LogP contribution in [0.4, 0.5) is 5.69 Å². The molecule has 0 saturated heterocycles. The molecular formula is C29H24ClN3O2S. The van der Waals surface area contributed by atoms with Gasteiger partial charge in [0, 0.05) is 56.7 Å². The maximum Gasteiger partial charge on any atom is 0.251 e. The zero-order chi connectivity index (χ0) is 24.9. The molecule has 0 spiro atoms. The first-order valence-corrected chi connectivity index (χ1v) is 13.0. The zero-order valence-corrected chi connectivity index (χ0v) is 21.0. The van der Waals surface area contributed by atoms with Crippen LogP contribution in [0.3, 0.4) is 0 Å². The Bertz CT molecular complexity index is 1540. The second kappa shape index (κ2) is 10.9. The molecule has 36 heavy (non-hydrogen) atoms. The van der Waals surface area contributed by atoms with Gasteiger partial charge < -0.3 is 15.2 Å². The normalized spacial score (nSPS) is 11.0. The highest BCUT2D eigenvalue weighted by atomic mass is 35.5. The minimum Gasteiger partial charge on any atom is -0.350 e. The Labute approximate surface area is 218 Å². The summed E-state index contributed by atoms with van der Waals surface area (Å²) in [6, 6.07) is 28.8. The molecule has 1 aromatic heterocycles. The minimum atomic E-state index is -0.136. The van der Waals surface area contributed by atoms with Crippen LogP contribution in [0, 0.1) is 0 Å². The quantitative estimate of drug-likeness (QED) is 0.229. The van der Waals surface area contributed by atoms with E-state index in [1.54, 1.807) is 24.3 Å². The lowest BCUT2D eigenvalue weighted by molar-refractivity contribution is -0.113. The summed E-state index contributed by atoms with van der Waals surface area (Å²) in [5.74, 6) is 0.108. The third-order valence-electron chi connectivity index (χ3n) is 5.92. The van der Waals surface area contributed by atoms with Crippen molar-refractivity contribution in [2.45, 2.75) is 11.4 Å². The first kappa shape index (κ1) is 24.0. The average Bonchev–Trinajstić information content (AvgIpc) is 3.26. The summed E-state index contributed by atoms with van der Waals surface area (Å²) in [5, 5.41) is 9.81. The van der Waals surface area contributed by atoms with Gasteiger partial charge in [0.2, 0.25) is 5.91 Å². The highest BCUT2D eigenvalue weighted by Crippen LogP contribution is 2.30. The number of halogens is 1. The lowest BCUT2D eigenvalue weighted by atomic mass is 10.1. The van der Waals surface area contributed by atoms with Crippen LogP contribution >= 0.6 is 23.4 Å². The number of hydrogen-bond acceptors (Lipinski definition) is 3. The Kier molecular flexibility index (Phi) is 7.26. The fourth-order valence-corrected chi connectivity index (χ4v) is 5.18. The van der Waals surface area contributed by atoms with Crippen LogP contribution in [0.25, 0.3) is 21.7 Å². The first-order chi connectivity index (χ1) is 17.6. The third-order valence-corrected chi connectivity index (χ3v) is 7.21. The molecule has 5 rings (SSSR count). The summed E-state index contributed by atoms with van der Waals surface area (Å²) in [4.78, 5) is 26.2. The Morgan fingerprint density at radius 3 is 2.39 bits per heavy atom. The molecule has 1 heterocycles. The number of anilines is 1. The van der Waals surface area contributed by atoms with Gasteiger partial charge >= 0.3 is 0 Å². The molecule has 2 N–H and O–H groups in total. The van der Waals surface area contributed by atoms with Crippen LogP contribution in [-0.2, 0) is 11.3 Å². The number of nitrogens with zero attached hydrogens (tertiary/aromatic N) is 1. The Morgan fingerprint density at radius 1 is 0.833 bits per heavy atom. The molecule has 0 atom stereocenters.